The molecule has 2 N–H and O–H groups in total. The van der Waals surface area contributed by atoms with Crippen LogP contribution in [0.3, 0.4) is 0 Å². The number of pyridine rings is 1. The first-order chi connectivity index (χ1) is 13.8. The molecule has 0 radical (unpaired) electrons. The van der Waals surface area contributed by atoms with Gasteiger partial charge in [-0.3, -0.25) is 14.3 Å². The molecule has 0 saturated heterocycles. The van der Waals surface area contributed by atoms with Crippen molar-refractivity contribution in [2.75, 3.05) is 26.0 Å². The summed E-state index contributed by atoms with van der Waals surface area (Å²) in [4.78, 5) is 30.9. The Morgan fingerprint density at radius 3 is 2.66 bits per heavy atom. The molecular formula is C19H24N8O2. The number of aromatic nitrogens is 5. The minimum absolute atomic E-state index is 0.109. The molecule has 29 heavy (non-hydrogen) atoms. The second-order valence-electron chi connectivity index (χ2n) is 6.86. The Kier molecular flexibility index (Phi) is 6.03. The molecule has 0 bridgehead atoms. The monoisotopic (exact) mass is 396 g/mol. The molecule has 3 heterocycles. The molecule has 1 atom stereocenters. The Labute approximate surface area is 168 Å². The van der Waals surface area contributed by atoms with Crippen LogP contribution in [0.2, 0.25) is 0 Å². The summed E-state index contributed by atoms with van der Waals surface area (Å²) < 4.78 is 3.18. The van der Waals surface area contributed by atoms with E-state index in [1.807, 2.05) is 38.3 Å². The van der Waals surface area contributed by atoms with E-state index in [0.29, 0.717) is 17.3 Å². The fourth-order valence-electron chi connectivity index (χ4n) is 2.90. The molecule has 0 aliphatic carbocycles. The van der Waals surface area contributed by atoms with Gasteiger partial charge in [-0.25, -0.2) is 4.98 Å². The Hall–Kier alpha value is -3.53. The van der Waals surface area contributed by atoms with Gasteiger partial charge in [-0.2, -0.15) is 14.9 Å². The molecule has 0 fully saturated rings. The second kappa shape index (κ2) is 8.65. The first kappa shape index (κ1) is 20.2. The smallest absolute Gasteiger partial charge is 0.314 e. The zero-order valence-electron chi connectivity index (χ0n) is 16.8. The van der Waals surface area contributed by atoms with Gasteiger partial charge in [0.15, 0.2) is 5.82 Å². The van der Waals surface area contributed by atoms with Gasteiger partial charge >= 0.3 is 11.8 Å². The molecule has 0 spiro atoms. The average molecular weight is 396 g/mol. The van der Waals surface area contributed by atoms with Crippen LogP contribution in [0.5, 0.6) is 0 Å². The fourth-order valence-corrected chi connectivity index (χ4v) is 2.90. The van der Waals surface area contributed by atoms with Gasteiger partial charge in [-0.1, -0.05) is 6.07 Å². The van der Waals surface area contributed by atoms with E-state index >= 15 is 0 Å². The van der Waals surface area contributed by atoms with Crippen LogP contribution < -0.4 is 10.6 Å². The van der Waals surface area contributed by atoms with Gasteiger partial charge in [0, 0.05) is 37.6 Å². The predicted octanol–water partition coefficient (Wildman–Crippen LogP) is 0.667. The molecule has 152 valence electrons. The molecule has 0 aliphatic heterocycles. The van der Waals surface area contributed by atoms with Gasteiger partial charge in [0.25, 0.3) is 0 Å². The minimum Gasteiger partial charge on any atom is -0.346 e. The molecule has 3 rings (SSSR count). The highest BCUT2D eigenvalue weighted by Gasteiger charge is 2.21. The SMILES string of the molecule is Cc1cc(NC(=O)C(=O)NC[C@@H](c2cnn(C)c2)N(C)C)n(-c2ccccn2)n1. The van der Waals surface area contributed by atoms with Gasteiger partial charge in [-0.05, 0) is 33.2 Å². The van der Waals surface area contributed by atoms with Crippen molar-refractivity contribution in [3.05, 3.63) is 54.1 Å². The normalized spacial score (nSPS) is 12.0. The highest BCUT2D eigenvalue weighted by molar-refractivity contribution is 6.39. The van der Waals surface area contributed by atoms with E-state index in [9.17, 15) is 9.59 Å². The van der Waals surface area contributed by atoms with Crippen LogP contribution >= 0.6 is 0 Å². The topological polar surface area (TPSA) is 110 Å². The zero-order valence-corrected chi connectivity index (χ0v) is 16.8. The quantitative estimate of drug-likeness (QED) is 0.593. The highest BCUT2D eigenvalue weighted by atomic mass is 16.2. The third kappa shape index (κ3) is 4.85. The largest absolute Gasteiger partial charge is 0.346 e. The van der Waals surface area contributed by atoms with Crippen molar-refractivity contribution in [2.45, 2.75) is 13.0 Å². The van der Waals surface area contributed by atoms with Gasteiger partial charge in [-0.15, -0.1) is 0 Å². The Morgan fingerprint density at radius 1 is 1.24 bits per heavy atom. The van der Waals surface area contributed by atoms with Crippen LogP contribution in [-0.2, 0) is 16.6 Å². The van der Waals surface area contributed by atoms with Gasteiger partial charge in [0.05, 0.1) is 17.9 Å². The molecule has 10 heteroatoms. The number of amides is 2. The van der Waals surface area contributed by atoms with Gasteiger partial charge in [0.2, 0.25) is 0 Å². The molecule has 2 amide bonds. The van der Waals surface area contributed by atoms with Crippen molar-refractivity contribution in [1.29, 1.82) is 0 Å². The lowest BCUT2D eigenvalue weighted by Gasteiger charge is -2.23. The van der Waals surface area contributed by atoms with Crippen LogP contribution in [-0.4, -0.2) is 61.9 Å². The van der Waals surface area contributed by atoms with Gasteiger partial charge < -0.3 is 15.5 Å². The Bertz CT molecular complexity index is 993. The van der Waals surface area contributed by atoms with E-state index in [-0.39, 0.29) is 12.6 Å². The maximum atomic E-state index is 12.4. The van der Waals surface area contributed by atoms with Crippen molar-refractivity contribution >= 4 is 17.6 Å². The fraction of sp³-hybridized carbons (Fsp3) is 0.316. The molecule has 3 aromatic rings. The van der Waals surface area contributed by atoms with Crippen LogP contribution in [0.4, 0.5) is 5.82 Å². The van der Waals surface area contributed by atoms with E-state index in [1.165, 1.54) is 4.68 Å². The van der Waals surface area contributed by atoms with Crippen LogP contribution in [0, 0.1) is 6.92 Å². The first-order valence-corrected chi connectivity index (χ1v) is 9.07. The number of anilines is 1. The van der Waals surface area contributed by atoms with Crippen molar-refractivity contribution in [3.8, 4) is 5.82 Å². The minimum atomic E-state index is -0.772. The number of carbonyl (C=O) groups is 2. The number of nitrogens with one attached hydrogen (secondary N) is 2. The summed E-state index contributed by atoms with van der Waals surface area (Å²) in [5.41, 5.74) is 1.64. The van der Waals surface area contributed by atoms with Crippen molar-refractivity contribution < 1.29 is 9.59 Å². The molecule has 3 aromatic heterocycles. The number of likely N-dealkylation sites (N-methyl/N-ethyl adjacent to an activating group) is 1. The summed E-state index contributed by atoms with van der Waals surface area (Å²) in [5, 5.41) is 13.8. The molecule has 0 saturated carbocycles. The van der Waals surface area contributed by atoms with E-state index in [4.69, 9.17) is 0 Å². The molecule has 0 aliphatic rings. The maximum Gasteiger partial charge on any atom is 0.314 e. The summed E-state index contributed by atoms with van der Waals surface area (Å²) in [6.45, 7) is 2.06. The third-order valence-corrected chi connectivity index (χ3v) is 4.33. The first-order valence-electron chi connectivity index (χ1n) is 9.07. The standard InChI is InChI=1S/C19H24N8O2/c1-13-9-17(27(24-13)16-7-5-6-8-20-16)23-19(29)18(28)21-11-15(25(2)3)14-10-22-26(4)12-14/h5-10,12,15H,11H2,1-4H3,(H,21,28)(H,23,29)/t15-/m0/s1. The van der Waals surface area contributed by atoms with Crippen LogP contribution in [0.1, 0.15) is 17.3 Å². The number of aryl methyl sites for hydroxylation is 2. The lowest BCUT2D eigenvalue weighted by Crippen LogP contribution is -2.40. The van der Waals surface area contributed by atoms with E-state index in [2.05, 4.69) is 25.8 Å². The second-order valence-corrected chi connectivity index (χ2v) is 6.86. The number of nitrogens with zero attached hydrogens (tertiary/aromatic N) is 6. The molecule has 10 nitrogen and oxygen atoms in total. The Morgan fingerprint density at radius 2 is 2.03 bits per heavy atom. The van der Waals surface area contributed by atoms with Gasteiger partial charge in [0.1, 0.15) is 5.82 Å². The number of hydrogen-bond donors (Lipinski definition) is 2. The number of rotatable bonds is 6. The van der Waals surface area contributed by atoms with Crippen molar-refractivity contribution in [1.82, 2.24) is 34.8 Å². The Balaban J connectivity index is 1.66. The molecule has 0 aromatic carbocycles. The van der Waals surface area contributed by atoms with Crippen LogP contribution in [0.25, 0.3) is 5.82 Å². The summed E-state index contributed by atoms with van der Waals surface area (Å²) in [6, 6.07) is 6.93. The average Bonchev–Trinajstić information content (AvgIpc) is 3.27. The summed E-state index contributed by atoms with van der Waals surface area (Å²) in [7, 11) is 5.63. The van der Waals surface area contributed by atoms with Crippen molar-refractivity contribution in [2.24, 2.45) is 7.05 Å². The maximum absolute atomic E-state index is 12.4. The highest BCUT2D eigenvalue weighted by Crippen LogP contribution is 2.17. The lowest BCUT2D eigenvalue weighted by molar-refractivity contribution is -0.136. The van der Waals surface area contributed by atoms with E-state index in [1.54, 1.807) is 42.2 Å². The summed E-state index contributed by atoms with van der Waals surface area (Å²) in [6.07, 6.45) is 5.25. The zero-order chi connectivity index (χ0) is 21.0. The van der Waals surface area contributed by atoms with E-state index < -0.39 is 11.8 Å². The lowest BCUT2D eigenvalue weighted by atomic mass is 10.1. The van der Waals surface area contributed by atoms with Crippen LogP contribution in [0.15, 0.2) is 42.9 Å². The number of hydrogen-bond acceptors (Lipinski definition) is 6. The molecular weight excluding hydrogens is 372 g/mol. The number of carbonyl (C=O) groups excluding carboxylic acids is 2. The van der Waals surface area contributed by atoms with E-state index in [0.717, 1.165) is 5.56 Å². The third-order valence-electron chi connectivity index (χ3n) is 4.33. The summed E-state index contributed by atoms with van der Waals surface area (Å²) >= 11 is 0. The van der Waals surface area contributed by atoms with Crippen molar-refractivity contribution in [3.63, 3.8) is 0 Å². The molecule has 0 unspecified atom stereocenters. The summed E-state index contributed by atoms with van der Waals surface area (Å²) in [5.74, 6) is -0.587. The predicted molar refractivity (Wildman–Crippen MR) is 107 cm³/mol.